The van der Waals surface area contributed by atoms with E-state index in [2.05, 4.69) is 22.2 Å². The first-order chi connectivity index (χ1) is 9.26. The minimum absolute atomic E-state index is 0.277. The number of methoxy groups -OCH3 is 1. The van der Waals surface area contributed by atoms with Gasteiger partial charge >= 0.3 is 0 Å². The summed E-state index contributed by atoms with van der Waals surface area (Å²) in [4.78, 5) is 7.24. The fourth-order valence-electron chi connectivity index (χ4n) is 1.95. The summed E-state index contributed by atoms with van der Waals surface area (Å²) in [5.74, 6) is 0.914. The van der Waals surface area contributed by atoms with Crippen molar-refractivity contribution in [2.75, 3.05) is 13.7 Å². The molecule has 1 aromatic carbocycles. The van der Waals surface area contributed by atoms with Gasteiger partial charge in [-0.25, -0.2) is 9.37 Å². The molecule has 0 aliphatic rings. The number of imidazole rings is 1. The maximum Gasteiger partial charge on any atom is 0.132 e. The number of H-pyrrole nitrogens is 1. The van der Waals surface area contributed by atoms with E-state index in [1.165, 1.54) is 13.2 Å². The van der Waals surface area contributed by atoms with Crippen molar-refractivity contribution in [3.8, 4) is 5.75 Å². The second-order valence-corrected chi connectivity index (χ2v) is 4.25. The van der Waals surface area contributed by atoms with Gasteiger partial charge in [-0.3, -0.25) is 0 Å². The third-order valence-corrected chi connectivity index (χ3v) is 2.91. The van der Waals surface area contributed by atoms with E-state index in [0.29, 0.717) is 17.1 Å². The summed E-state index contributed by atoms with van der Waals surface area (Å²) in [6, 6.07) is 4.59. The molecule has 0 radical (unpaired) electrons. The second kappa shape index (κ2) is 6.33. The number of aromatic nitrogens is 2. The first-order valence-electron chi connectivity index (χ1n) is 6.32. The predicted octanol–water partition coefficient (Wildman–Crippen LogP) is 2.65. The molecule has 0 bridgehead atoms. The summed E-state index contributed by atoms with van der Waals surface area (Å²) in [5.41, 5.74) is 0.559. The lowest BCUT2D eigenvalue weighted by Crippen LogP contribution is -2.25. The smallest absolute Gasteiger partial charge is 0.132 e. The number of hydrogen-bond donors (Lipinski definition) is 2. The van der Waals surface area contributed by atoms with E-state index in [1.807, 2.05) is 0 Å². The van der Waals surface area contributed by atoms with Crippen molar-refractivity contribution in [3.05, 3.63) is 47.8 Å². The molecule has 19 heavy (non-hydrogen) atoms. The third kappa shape index (κ3) is 3.12. The number of nitrogens with zero attached hydrogens (tertiary/aromatic N) is 1. The van der Waals surface area contributed by atoms with Crippen LogP contribution in [0.15, 0.2) is 30.6 Å². The van der Waals surface area contributed by atoms with Crippen LogP contribution in [-0.2, 0) is 0 Å². The molecule has 2 aromatic rings. The summed E-state index contributed by atoms with van der Waals surface area (Å²) in [7, 11) is 1.52. The minimum atomic E-state index is -0.302. The largest absolute Gasteiger partial charge is 0.497 e. The van der Waals surface area contributed by atoms with E-state index in [1.54, 1.807) is 24.5 Å². The van der Waals surface area contributed by atoms with Gasteiger partial charge < -0.3 is 15.0 Å². The molecule has 0 fully saturated rings. The number of halogens is 1. The van der Waals surface area contributed by atoms with Crippen molar-refractivity contribution in [3.63, 3.8) is 0 Å². The Morgan fingerprint density at radius 1 is 1.47 bits per heavy atom. The molecule has 5 heteroatoms. The van der Waals surface area contributed by atoms with E-state index in [9.17, 15) is 4.39 Å². The lowest BCUT2D eigenvalue weighted by molar-refractivity contribution is 0.409. The molecule has 0 amide bonds. The molecule has 1 atom stereocenters. The number of hydrogen-bond acceptors (Lipinski definition) is 3. The number of nitrogens with one attached hydrogen (secondary N) is 2. The second-order valence-electron chi connectivity index (χ2n) is 4.25. The van der Waals surface area contributed by atoms with Gasteiger partial charge in [0.25, 0.3) is 0 Å². The third-order valence-electron chi connectivity index (χ3n) is 2.91. The van der Waals surface area contributed by atoms with Gasteiger partial charge in [0.15, 0.2) is 0 Å². The molecule has 4 nitrogen and oxygen atoms in total. The average molecular weight is 263 g/mol. The summed E-state index contributed by atoms with van der Waals surface area (Å²) in [5, 5.41) is 3.29. The summed E-state index contributed by atoms with van der Waals surface area (Å²) in [6.07, 6.45) is 4.36. The molecule has 0 saturated heterocycles. The number of aromatic amines is 1. The van der Waals surface area contributed by atoms with Gasteiger partial charge in [0.1, 0.15) is 17.4 Å². The summed E-state index contributed by atoms with van der Waals surface area (Å²) in [6.45, 7) is 2.85. The van der Waals surface area contributed by atoms with Crippen molar-refractivity contribution >= 4 is 0 Å². The lowest BCUT2D eigenvalue weighted by Gasteiger charge is -2.18. The standard InChI is InChI=1S/C14H18FN3O/c1-3-6-16-13(14-17-7-8-18-14)11-5-4-10(19-2)9-12(11)15/h4-5,7-9,13,16H,3,6H2,1-2H3,(H,17,18). The highest BCUT2D eigenvalue weighted by molar-refractivity contribution is 5.33. The van der Waals surface area contributed by atoms with E-state index in [4.69, 9.17) is 4.74 Å². The van der Waals surface area contributed by atoms with E-state index >= 15 is 0 Å². The molecule has 0 aliphatic heterocycles. The van der Waals surface area contributed by atoms with Crippen molar-refractivity contribution in [2.24, 2.45) is 0 Å². The highest BCUT2D eigenvalue weighted by atomic mass is 19.1. The Balaban J connectivity index is 2.32. The van der Waals surface area contributed by atoms with Crippen molar-refractivity contribution in [1.82, 2.24) is 15.3 Å². The summed E-state index contributed by atoms with van der Waals surface area (Å²) >= 11 is 0. The van der Waals surface area contributed by atoms with Crippen LogP contribution >= 0.6 is 0 Å². The Hall–Kier alpha value is -1.88. The topological polar surface area (TPSA) is 49.9 Å². The molecule has 2 rings (SSSR count). The van der Waals surface area contributed by atoms with Crippen LogP contribution in [0.5, 0.6) is 5.75 Å². The van der Waals surface area contributed by atoms with Crippen molar-refractivity contribution in [2.45, 2.75) is 19.4 Å². The highest BCUT2D eigenvalue weighted by Gasteiger charge is 2.19. The maximum absolute atomic E-state index is 14.1. The molecular weight excluding hydrogens is 245 g/mol. The predicted molar refractivity (Wildman–Crippen MR) is 71.7 cm³/mol. The SMILES string of the molecule is CCCNC(c1ncc[nH]1)c1ccc(OC)cc1F. The van der Waals surface area contributed by atoms with Crippen LogP contribution in [0, 0.1) is 5.82 Å². The molecule has 2 N–H and O–H groups in total. The van der Waals surface area contributed by atoms with Crippen LogP contribution in [0.2, 0.25) is 0 Å². The number of ether oxygens (including phenoxy) is 1. The molecule has 0 spiro atoms. The Bertz CT molecular complexity index is 513. The van der Waals surface area contributed by atoms with Crippen molar-refractivity contribution in [1.29, 1.82) is 0 Å². The fraction of sp³-hybridized carbons (Fsp3) is 0.357. The number of benzene rings is 1. The van der Waals surface area contributed by atoms with E-state index < -0.39 is 0 Å². The van der Waals surface area contributed by atoms with Crippen molar-refractivity contribution < 1.29 is 9.13 Å². The lowest BCUT2D eigenvalue weighted by atomic mass is 10.1. The quantitative estimate of drug-likeness (QED) is 0.842. The Kier molecular flexibility index (Phi) is 4.52. The van der Waals surface area contributed by atoms with Crippen LogP contribution in [0.4, 0.5) is 4.39 Å². The van der Waals surface area contributed by atoms with Gasteiger partial charge in [-0.1, -0.05) is 13.0 Å². The first kappa shape index (κ1) is 13.5. The van der Waals surface area contributed by atoms with Gasteiger partial charge in [0.05, 0.1) is 13.2 Å². The van der Waals surface area contributed by atoms with Gasteiger partial charge in [0, 0.05) is 24.0 Å². The monoisotopic (exact) mass is 263 g/mol. The fourth-order valence-corrected chi connectivity index (χ4v) is 1.95. The number of rotatable bonds is 6. The van der Waals surface area contributed by atoms with Gasteiger partial charge in [-0.05, 0) is 19.0 Å². The Morgan fingerprint density at radius 3 is 2.89 bits per heavy atom. The van der Waals surface area contributed by atoms with Crippen LogP contribution in [-0.4, -0.2) is 23.6 Å². The first-order valence-corrected chi connectivity index (χ1v) is 6.32. The Morgan fingerprint density at radius 2 is 2.32 bits per heavy atom. The molecule has 1 heterocycles. The van der Waals surface area contributed by atoms with Crippen LogP contribution in [0.25, 0.3) is 0 Å². The molecule has 1 unspecified atom stereocenters. The van der Waals surface area contributed by atoms with Gasteiger partial charge in [-0.15, -0.1) is 0 Å². The van der Waals surface area contributed by atoms with Gasteiger partial charge in [0.2, 0.25) is 0 Å². The van der Waals surface area contributed by atoms with E-state index in [0.717, 1.165) is 13.0 Å². The molecule has 0 aliphatic carbocycles. The van der Waals surface area contributed by atoms with Crippen LogP contribution < -0.4 is 10.1 Å². The van der Waals surface area contributed by atoms with Crippen LogP contribution in [0.1, 0.15) is 30.8 Å². The molecular formula is C14H18FN3O. The zero-order valence-corrected chi connectivity index (χ0v) is 11.1. The average Bonchev–Trinajstić information content (AvgIpc) is 2.94. The zero-order chi connectivity index (χ0) is 13.7. The van der Waals surface area contributed by atoms with Crippen LogP contribution in [0.3, 0.4) is 0 Å². The van der Waals surface area contributed by atoms with Gasteiger partial charge in [-0.2, -0.15) is 0 Å². The normalized spacial score (nSPS) is 12.4. The van der Waals surface area contributed by atoms with E-state index in [-0.39, 0.29) is 11.9 Å². The zero-order valence-electron chi connectivity index (χ0n) is 11.1. The minimum Gasteiger partial charge on any atom is -0.497 e. The summed E-state index contributed by atoms with van der Waals surface area (Å²) < 4.78 is 19.2. The Labute approximate surface area is 112 Å². The maximum atomic E-state index is 14.1. The molecule has 102 valence electrons. The highest BCUT2D eigenvalue weighted by Crippen LogP contribution is 2.25. The molecule has 0 saturated carbocycles. The molecule has 1 aromatic heterocycles.